The third kappa shape index (κ3) is 3.36. The van der Waals surface area contributed by atoms with Crippen molar-refractivity contribution in [2.24, 2.45) is 5.41 Å². The zero-order valence-electron chi connectivity index (χ0n) is 9.20. The molecule has 0 amide bonds. The maximum absolute atomic E-state index is 10.8. The molecule has 0 radical (unpaired) electrons. The molecular weight excluding hydrogens is 196 g/mol. The van der Waals surface area contributed by atoms with Crippen molar-refractivity contribution in [1.29, 1.82) is 0 Å². The van der Waals surface area contributed by atoms with Gasteiger partial charge in [0.15, 0.2) is 0 Å². The second-order valence-corrected chi connectivity index (χ2v) is 4.16. The lowest BCUT2D eigenvalue weighted by Gasteiger charge is -2.18. The third-order valence-electron chi connectivity index (χ3n) is 2.09. The average Bonchev–Trinajstić information content (AvgIpc) is 2.51. The Balaban J connectivity index is 2.36. The summed E-state index contributed by atoms with van der Waals surface area (Å²) in [4.78, 5) is 14.8. The van der Waals surface area contributed by atoms with Gasteiger partial charge in [-0.25, -0.2) is 4.98 Å². The molecule has 2 N–H and O–H groups in total. The molecule has 0 saturated heterocycles. The molecule has 0 atom stereocenters. The Kier molecular flexibility index (Phi) is 3.47. The highest BCUT2D eigenvalue weighted by Gasteiger charge is 2.26. The number of carboxylic acids is 1. The van der Waals surface area contributed by atoms with E-state index in [4.69, 9.17) is 9.52 Å². The number of aryl methyl sites for hydroxylation is 1. The van der Waals surface area contributed by atoms with E-state index < -0.39 is 11.4 Å². The van der Waals surface area contributed by atoms with Crippen LogP contribution in [0.25, 0.3) is 0 Å². The molecule has 1 heterocycles. The lowest BCUT2D eigenvalue weighted by atomic mass is 9.94. The van der Waals surface area contributed by atoms with Gasteiger partial charge in [0.1, 0.15) is 5.76 Å². The van der Waals surface area contributed by atoms with E-state index in [1.165, 1.54) is 0 Å². The van der Waals surface area contributed by atoms with Gasteiger partial charge < -0.3 is 14.8 Å². The van der Waals surface area contributed by atoms with Gasteiger partial charge in [0.2, 0.25) is 5.89 Å². The summed E-state index contributed by atoms with van der Waals surface area (Å²) >= 11 is 0. The lowest BCUT2D eigenvalue weighted by Crippen LogP contribution is -2.35. The fraction of sp³-hybridized carbons (Fsp3) is 0.600. The molecule has 5 nitrogen and oxygen atoms in total. The van der Waals surface area contributed by atoms with Crippen LogP contribution in [0.3, 0.4) is 0 Å². The Labute approximate surface area is 88.5 Å². The summed E-state index contributed by atoms with van der Waals surface area (Å²) in [5.74, 6) is 0.511. The molecule has 1 aromatic rings. The monoisotopic (exact) mass is 212 g/mol. The van der Waals surface area contributed by atoms with Gasteiger partial charge in [-0.15, -0.1) is 0 Å². The molecule has 0 aliphatic heterocycles. The summed E-state index contributed by atoms with van der Waals surface area (Å²) in [5.41, 5.74) is -0.776. The van der Waals surface area contributed by atoms with E-state index in [1.807, 2.05) is 6.92 Å². The molecule has 0 bridgehead atoms. The maximum atomic E-state index is 10.8. The molecule has 15 heavy (non-hydrogen) atoms. The van der Waals surface area contributed by atoms with Crippen LogP contribution in [0.4, 0.5) is 0 Å². The number of nitrogens with zero attached hydrogens (tertiary/aromatic N) is 1. The van der Waals surface area contributed by atoms with Gasteiger partial charge in [0.25, 0.3) is 0 Å². The first kappa shape index (κ1) is 11.7. The van der Waals surface area contributed by atoms with Crippen molar-refractivity contribution in [2.75, 3.05) is 6.54 Å². The van der Waals surface area contributed by atoms with Crippen LogP contribution in [-0.2, 0) is 11.3 Å². The molecule has 1 aromatic heterocycles. The third-order valence-corrected chi connectivity index (χ3v) is 2.09. The fourth-order valence-electron chi connectivity index (χ4n) is 1.04. The van der Waals surface area contributed by atoms with E-state index >= 15 is 0 Å². The molecule has 5 heteroatoms. The van der Waals surface area contributed by atoms with Crippen molar-refractivity contribution >= 4 is 5.97 Å². The van der Waals surface area contributed by atoms with Crippen LogP contribution in [0.1, 0.15) is 25.5 Å². The minimum absolute atomic E-state index is 0.379. The van der Waals surface area contributed by atoms with Crippen molar-refractivity contribution in [3.63, 3.8) is 0 Å². The molecular formula is C10H16N2O3. The number of carbonyl (C=O) groups is 1. The Bertz CT molecular complexity index is 344. The number of nitrogens with one attached hydrogen (secondary N) is 1. The molecule has 0 aromatic carbocycles. The molecule has 0 spiro atoms. The number of oxazole rings is 1. The Morgan fingerprint density at radius 3 is 2.80 bits per heavy atom. The van der Waals surface area contributed by atoms with E-state index in [-0.39, 0.29) is 0 Å². The van der Waals surface area contributed by atoms with Crippen molar-refractivity contribution in [3.05, 3.63) is 17.8 Å². The summed E-state index contributed by atoms with van der Waals surface area (Å²) in [7, 11) is 0. The molecule has 1 rings (SSSR count). The topological polar surface area (TPSA) is 75.4 Å². The van der Waals surface area contributed by atoms with E-state index in [1.54, 1.807) is 20.0 Å². The first-order chi connectivity index (χ1) is 6.92. The summed E-state index contributed by atoms with van der Waals surface area (Å²) in [6.45, 7) is 5.98. The van der Waals surface area contributed by atoms with Crippen LogP contribution < -0.4 is 5.32 Å². The first-order valence-corrected chi connectivity index (χ1v) is 4.77. The molecule has 0 aliphatic carbocycles. The second kappa shape index (κ2) is 4.44. The van der Waals surface area contributed by atoms with Gasteiger partial charge in [0, 0.05) is 6.54 Å². The number of aromatic nitrogens is 1. The minimum Gasteiger partial charge on any atom is -0.481 e. The largest absolute Gasteiger partial charge is 0.481 e. The van der Waals surface area contributed by atoms with Gasteiger partial charge in [-0.2, -0.15) is 0 Å². The zero-order valence-corrected chi connectivity index (χ0v) is 9.20. The smallest absolute Gasteiger partial charge is 0.310 e. The highest BCUT2D eigenvalue weighted by atomic mass is 16.4. The Hall–Kier alpha value is -1.36. The van der Waals surface area contributed by atoms with E-state index in [0.717, 1.165) is 5.76 Å². The molecule has 0 unspecified atom stereocenters. The van der Waals surface area contributed by atoms with Gasteiger partial charge >= 0.3 is 5.97 Å². The van der Waals surface area contributed by atoms with Crippen LogP contribution in [0, 0.1) is 12.3 Å². The fourth-order valence-corrected chi connectivity index (χ4v) is 1.04. The predicted molar refractivity (Wildman–Crippen MR) is 54.4 cm³/mol. The number of carboxylic acid groups (broad SMARTS) is 1. The zero-order chi connectivity index (χ0) is 11.5. The van der Waals surface area contributed by atoms with Crippen LogP contribution >= 0.6 is 0 Å². The summed E-state index contributed by atoms with van der Waals surface area (Å²) in [6.07, 6.45) is 1.64. The van der Waals surface area contributed by atoms with Crippen molar-refractivity contribution in [3.8, 4) is 0 Å². The van der Waals surface area contributed by atoms with E-state index in [0.29, 0.717) is 19.0 Å². The van der Waals surface area contributed by atoms with Gasteiger partial charge in [-0.1, -0.05) is 0 Å². The quantitative estimate of drug-likeness (QED) is 0.766. The van der Waals surface area contributed by atoms with Crippen LogP contribution in [0.2, 0.25) is 0 Å². The number of rotatable bonds is 5. The van der Waals surface area contributed by atoms with Gasteiger partial charge in [-0.05, 0) is 20.8 Å². The Morgan fingerprint density at radius 1 is 1.67 bits per heavy atom. The highest BCUT2D eigenvalue weighted by Crippen LogP contribution is 2.13. The van der Waals surface area contributed by atoms with Crippen LogP contribution in [0.15, 0.2) is 10.6 Å². The molecule has 0 aliphatic rings. The number of hydrogen-bond acceptors (Lipinski definition) is 4. The standard InChI is InChI=1S/C10H16N2O3/c1-7-4-12-8(15-7)5-11-6-10(2,3)9(13)14/h4,11H,5-6H2,1-3H3,(H,13,14). The predicted octanol–water partition coefficient (Wildman–Crippen LogP) is 1.18. The summed E-state index contributed by atoms with van der Waals surface area (Å²) in [6, 6.07) is 0. The normalized spacial score (nSPS) is 11.7. The van der Waals surface area contributed by atoms with Crippen LogP contribution in [-0.4, -0.2) is 22.6 Å². The summed E-state index contributed by atoms with van der Waals surface area (Å²) in [5, 5.41) is 11.9. The van der Waals surface area contributed by atoms with Gasteiger partial charge in [0.05, 0.1) is 18.2 Å². The van der Waals surface area contributed by atoms with E-state index in [9.17, 15) is 4.79 Å². The molecule has 84 valence electrons. The highest BCUT2D eigenvalue weighted by molar-refractivity contribution is 5.73. The van der Waals surface area contributed by atoms with Gasteiger partial charge in [-0.3, -0.25) is 4.79 Å². The average molecular weight is 212 g/mol. The Morgan fingerprint density at radius 2 is 2.33 bits per heavy atom. The lowest BCUT2D eigenvalue weighted by molar-refractivity contribution is -0.146. The molecule has 0 saturated carbocycles. The number of aliphatic carboxylic acids is 1. The molecule has 0 fully saturated rings. The van der Waals surface area contributed by atoms with E-state index in [2.05, 4.69) is 10.3 Å². The SMILES string of the molecule is Cc1cnc(CNCC(C)(C)C(=O)O)o1. The van der Waals surface area contributed by atoms with Crippen LogP contribution in [0.5, 0.6) is 0 Å². The first-order valence-electron chi connectivity index (χ1n) is 4.77. The maximum Gasteiger partial charge on any atom is 0.310 e. The minimum atomic E-state index is -0.821. The van der Waals surface area contributed by atoms with Crippen molar-refractivity contribution in [2.45, 2.75) is 27.3 Å². The summed E-state index contributed by atoms with van der Waals surface area (Å²) < 4.78 is 5.24. The van der Waals surface area contributed by atoms with Crippen molar-refractivity contribution in [1.82, 2.24) is 10.3 Å². The second-order valence-electron chi connectivity index (χ2n) is 4.16. The van der Waals surface area contributed by atoms with Crippen molar-refractivity contribution < 1.29 is 14.3 Å². The number of hydrogen-bond donors (Lipinski definition) is 2.